The van der Waals surface area contributed by atoms with Crippen molar-refractivity contribution in [1.29, 1.82) is 0 Å². The number of aromatic nitrogens is 2. The van der Waals surface area contributed by atoms with Gasteiger partial charge in [0.05, 0.1) is 11.1 Å². The van der Waals surface area contributed by atoms with Crippen molar-refractivity contribution in [2.75, 3.05) is 0 Å². The lowest BCUT2D eigenvalue weighted by Crippen LogP contribution is -1.88. The molecule has 2 rings (SSSR count). The second kappa shape index (κ2) is 5.43. The van der Waals surface area contributed by atoms with E-state index in [4.69, 9.17) is 0 Å². The highest BCUT2D eigenvalue weighted by molar-refractivity contribution is 5.81. The lowest BCUT2D eigenvalue weighted by atomic mass is 10.2. The number of non-ortho nitro benzene ring substituents is 1. The summed E-state index contributed by atoms with van der Waals surface area (Å²) in [6.45, 7) is 4.13. The molecule has 0 radical (unpaired) electrons. The molecule has 98 valence electrons. The lowest BCUT2D eigenvalue weighted by molar-refractivity contribution is -0.384. The second-order valence-electron chi connectivity index (χ2n) is 4.42. The first kappa shape index (κ1) is 12.9. The molecular formula is C13H14N4O2. The number of nitro benzene ring substituents is 1. The van der Waals surface area contributed by atoms with Gasteiger partial charge in [0.25, 0.3) is 5.69 Å². The van der Waals surface area contributed by atoms with Crippen LogP contribution in [-0.2, 0) is 0 Å². The Morgan fingerprint density at radius 2 is 2.05 bits per heavy atom. The molecule has 1 heterocycles. The maximum absolute atomic E-state index is 10.5. The van der Waals surface area contributed by atoms with E-state index in [9.17, 15) is 10.1 Å². The zero-order valence-corrected chi connectivity index (χ0v) is 10.7. The number of nitrogens with zero attached hydrogens (tertiary/aromatic N) is 3. The van der Waals surface area contributed by atoms with Crippen LogP contribution in [0.25, 0.3) is 0 Å². The maximum atomic E-state index is 10.5. The molecule has 1 N–H and O–H groups in total. The van der Waals surface area contributed by atoms with Gasteiger partial charge in [-0.25, -0.2) is 9.98 Å². The highest BCUT2D eigenvalue weighted by atomic mass is 16.6. The Morgan fingerprint density at radius 1 is 1.37 bits per heavy atom. The molecule has 0 aliphatic rings. The quantitative estimate of drug-likeness (QED) is 0.519. The molecule has 0 fully saturated rings. The standard InChI is InChI=1S/C13H14N4O2/c1-9(2)12-8-15-13(16-12)14-7-10-3-5-11(6-4-10)17(18)19/h3-9H,1-2H3,(H,15,16). The van der Waals surface area contributed by atoms with Crippen LogP contribution in [0.15, 0.2) is 35.5 Å². The molecule has 1 aromatic heterocycles. The average Bonchev–Trinajstić information content (AvgIpc) is 2.86. The van der Waals surface area contributed by atoms with Gasteiger partial charge in [0.2, 0.25) is 5.95 Å². The number of aliphatic imine (C=N–C) groups is 1. The largest absolute Gasteiger partial charge is 0.326 e. The Morgan fingerprint density at radius 3 is 2.58 bits per heavy atom. The van der Waals surface area contributed by atoms with Crippen LogP contribution in [0.1, 0.15) is 31.0 Å². The summed E-state index contributed by atoms with van der Waals surface area (Å²) in [4.78, 5) is 21.5. The van der Waals surface area contributed by atoms with Crippen LogP contribution < -0.4 is 0 Å². The van der Waals surface area contributed by atoms with Crippen LogP contribution in [0.4, 0.5) is 11.6 Å². The van der Waals surface area contributed by atoms with Gasteiger partial charge in [0.1, 0.15) is 0 Å². The number of hydrogen-bond donors (Lipinski definition) is 1. The zero-order chi connectivity index (χ0) is 13.8. The number of nitro groups is 1. The third kappa shape index (κ3) is 3.25. The van der Waals surface area contributed by atoms with Crippen molar-refractivity contribution < 1.29 is 4.92 Å². The molecule has 0 amide bonds. The highest BCUT2D eigenvalue weighted by Crippen LogP contribution is 2.15. The van der Waals surface area contributed by atoms with Gasteiger partial charge in [-0.05, 0) is 23.6 Å². The normalized spacial score (nSPS) is 11.3. The number of benzene rings is 1. The molecule has 0 aliphatic carbocycles. The molecule has 2 aromatic rings. The second-order valence-corrected chi connectivity index (χ2v) is 4.42. The fourth-order valence-electron chi connectivity index (χ4n) is 1.50. The van der Waals surface area contributed by atoms with E-state index >= 15 is 0 Å². The number of imidazole rings is 1. The summed E-state index contributed by atoms with van der Waals surface area (Å²) in [5, 5.41) is 10.5. The summed E-state index contributed by atoms with van der Waals surface area (Å²) in [5.74, 6) is 0.901. The number of aromatic amines is 1. The van der Waals surface area contributed by atoms with E-state index in [2.05, 4.69) is 28.8 Å². The van der Waals surface area contributed by atoms with Gasteiger partial charge in [0.15, 0.2) is 0 Å². The first-order valence-corrected chi connectivity index (χ1v) is 5.89. The first-order chi connectivity index (χ1) is 9.06. The molecule has 0 unspecified atom stereocenters. The van der Waals surface area contributed by atoms with Crippen LogP contribution in [-0.4, -0.2) is 21.1 Å². The molecular weight excluding hydrogens is 244 g/mol. The van der Waals surface area contributed by atoms with Crippen LogP contribution >= 0.6 is 0 Å². The minimum Gasteiger partial charge on any atom is -0.326 e. The minimum absolute atomic E-state index is 0.0669. The molecule has 0 spiro atoms. The van der Waals surface area contributed by atoms with Crippen molar-refractivity contribution in [2.24, 2.45) is 4.99 Å². The Balaban J connectivity index is 2.11. The average molecular weight is 258 g/mol. The van der Waals surface area contributed by atoms with Gasteiger partial charge in [-0.3, -0.25) is 10.1 Å². The first-order valence-electron chi connectivity index (χ1n) is 5.89. The van der Waals surface area contributed by atoms with E-state index in [0.29, 0.717) is 11.9 Å². The topological polar surface area (TPSA) is 84.2 Å². The molecule has 0 saturated heterocycles. The van der Waals surface area contributed by atoms with Crippen LogP contribution in [0, 0.1) is 10.1 Å². The summed E-state index contributed by atoms with van der Waals surface area (Å²) >= 11 is 0. The summed E-state index contributed by atoms with van der Waals surface area (Å²) in [7, 11) is 0. The molecule has 0 bridgehead atoms. The minimum atomic E-state index is -0.428. The number of rotatable bonds is 4. The van der Waals surface area contributed by atoms with E-state index < -0.39 is 4.92 Å². The Kier molecular flexibility index (Phi) is 3.70. The van der Waals surface area contributed by atoms with E-state index in [0.717, 1.165) is 11.3 Å². The molecule has 19 heavy (non-hydrogen) atoms. The van der Waals surface area contributed by atoms with E-state index in [1.165, 1.54) is 12.1 Å². The van der Waals surface area contributed by atoms with E-state index in [1.54, 1.807) is 24.5 Å². The Hall–Kier alpha value is -2.50. The lowest BCUT2D eigenvalue weighted by Gasteiger charge is -1.97. The Bertz CT molecular complexity index is 599. The van der Waals surface area contributed by atoms with E-state index in [-0.39, 0.29) is 5.69 Å². The summed E-state index contributed by atoms with van der Waals surface area (Å²) in [6, 6.07) is 6.19. The number of nitrogens with one attached hydrogen (secondary N) is 1. The van der Waals surface area contributed by atoms with Crippen LogP contribution in [0.2, 0.25) is 0 Å². The summed E-state index contributed by atoms with van der Waals surface area (Å²) < 4.78 is 0. The molecule has 0 saturated carbocycles. The van der Waals surface area contributed by atoms with Crippen molar-refractivity contribution in [1.82, 2.24) is 9.97 Å². The van der Waals surface area contributed by atoms with Gasteiger partial charge in [-0.1, -0.05) is 13.8 Å². The number of hydrogen-bond acceptors (Lipinski definition) is 4. The Labute approximate surface area is 110 Å². The van der Waals surface area contributed by atoms with Crippen molar-refractivity contribution in [3.63, 3.8) is 0 Å². The predicted molar refractivity (Wildman–Crippen MR) is 73.0 cm³/mol. The third-order valence-corrected chi connectivity index (χ3v) is 2.64. The highest BCUT2D eigenvalue weighted by Gasteiger charge is 2.04. The monoisotopic (exact) mass is 258 g/mol. The third-order valence-electron chi connectivity index (χ3n) is 2.64. The molecule has 1 aromatic carbocycles. The van der Waals surface area contributed by atoms with Crippen molar-refractivity contribution in [2.45, 2.75) is 19.8 Å². The fourth-order valence-corrected chi connectivity index (χ4v) is 1.50. The smallest absolute Gasteiger partial charge is 0.269 e. The molecule has 6 heteroatoms. The predicted octanol–water partition coefficient (Wildman–Crippen LogP) is 3.19. The van der Waals surface area contributed by atoms with Crippen LogP contribution in [0.3, 0.4) is 0 Å². The van der Waals surface area contributed by atoms with E-state index in [1.807, 2.05) is 0 Å². The number of H-pyrrole nitrogens is 1. The van der Waals surface area contributed by atoms with Crippen molar-refractivity contribution >= 4 is 17.9 Å². The van der Waals surface area contributed by atoms with Gasteiger partial charge < -0.3 is 4.98 Å². The SMILES string of the molecule is CC(C)c1cnc(N=Cc2ccc([N+](=O)[O-])cc2)[nH]1. The molecule has 0 atom stereocenters. The summed E-state index contributed by atoms with van der Waals surface area (Å²) in [6.07, 6.45) is 3.37. The van der Waals surface area contributed by atoms with Gasteiger partial charge in [-0.15, -0.1) is 0 Å². The van der Waals surface area contributed by atoms with Gasteiger partial charge in [0, 0.05) is 24.0 Å². The van der Waals surface area contributed by atoms with Crippen molar-refractivity contribution in [3.8, 4) is 0 Å². The maximum Gasteiger partial charge on any atom is 0.269 e. The fraction of sp³-hybridized carbons (Fsp3) is 0.231. The van der Waals surface area contributed by atoms with Gasteiger partial charge >= 0.3 is 0 Å². The van der Waals surface area contributed by atoms with Crippen molar-refractivity contribution in [3.05, 3.63) is 51.8 Å². The molecule has 0 aliphatic heterocycles. The molecule has 6 nitrogen and oxygen atoms in total. The summed E-state index contributed by atoms with van der Waals surface area (Å²) in [5.41, 5.74) is 1.88. The zero-order valence-electron chi connectivity index (χ0n) is 10.7. The van der Waals surface area contributed by atoms with Crippen LogP contribution in [0.5, 0.6) is 0 Å². The van der Waals surface area contributed by atoms with Gasteiger partial charge in [-0.2, -0.15) is 0 Å².